The third kappa shape index (κ3) is 7.33. The van der Waals surface area contributed by atoms with Crippen molar-refractivity contribution in [1.29, 1.82) is 0 Å². The maximum absolute atomic E-state index is 11.2. The van der Waals surface area contributed by atoms with Crippen LogP contribution in [0.4, 0.5) is 0 Å². The summed E-state index contributed by atoms with van der Waals surface area (Å²) in [6, 6.07) is 14.3. The number of nitrogens with zero attached hydrogens (tertiary/aromatic N) is 2. The van der Waals surface area contributed by atoms with Crippen LogP contribution >= 0.6 is 0 Å². The van der Waals surface area contributed by atoms with Gasteiger partial charge in [0.15, 0.2) is 6.10 Å². The van der Waals surface area contributed by atoms with Gasteiger partial charge in [-0.2, -0.15) is 0 Å². The van der Waals surface area contributed by atoms with Crippen LogP contribution in [0.1, 0.15) is 25.3 Å². The quantitative estimate of drug-likeness (QED) is 0.308. The van der Waals surface area contributed by atoms with E-state index in [1.165, 1.54) is 5.01 Å². The van der Waals surface area contributed by atoms with Gasteiger partial charge in [0, 0.05) is 13.0 Å². The van der Waals surface area contributed by atoms with Gasteiger partial charge in [-0.1, -0.05) is 19.1 Å². The summed E-state index contributed by atoms with van der Waals surface area (Å²) in [5.41, 5.74) is 0.804. The summed E-state index contributed by atoms with van der Waals surface area (Å²) in [6.45, 7) is 2.91. The number of carbonyl (C=O) groups is 1. The van der Waals surface area contributed by atoms with Gasteiger partial charge in [0.1, 0.15) is 17.2 Å². The van der Waals surface area contributed by atoms with E-state index in [-0.39, 0.29) is 0 Å². The summed E-state index contributed by atoms with van der Waals surface area (Å²) in [7, 11) is 1.60. The van der Waals surface area contributed by atoms with E-state index in [1.807, 2.05) is 30.3 Å². The highest BCUT2D eigenvalue weighted by molar-refractivity contribution is 5.72. The monoisotopic (exact) mass is 402 g/mol. The lowest BCUT2D eigenvalue weighted by atomic mass is 10.2. The van der Waals surface area contributed by atoms with Crippen LogP contribution in [0.2, 0.25) is 0 Å². The molecular weight excluding hydrogens is 376 g/mol. The number of carboxylic acid groups (broad SMARTS) is 1. The van der Waals surface area contributed by atoms with E-state index in [1.54, 1.807) is 32.2 Å². The lowest BCUT2D eigenvalue weighted by Gasteiger charge is -2.17. The minimum Gasteiger partial charge on any atom is -0.497 e. The number of hydrogen-bond donors (Lipinski definition) is 1. The molecule has 0 heterocycles. The Morgan fingerprint density at radius 2 is 1.86 bits per heavy atom. The predicted molar refractivity (Wildman–Crippen MR) is 108 cm³/mol. The van der Waals surface area contributed by atoms with Crippen LogP contribution in [0.5, 0.6) is 17.2 Å². The Labute approximate surface area is 169 Å². The molecule has 29 heavy (non-hydrogen) atoms. The second kappa shape index (κ2) is 11.5. The topological polar surface area (TPSA) is 97.7 Å². The largest absolute Gasteiger partial charge is 0.497 e. The second-order valence-corrected chi connectivity index (χ2v) is 6.35. The first-order chi connectivity index (χ1) is 14.0. The lowest BCUT2D eigenvalue weighted by Crippen LogP contribution is -2.26. The number of nitroso groups, excluding NO2 is 1. The maximum atomic E-state index is 11.2. The van der Waals surface area contributed by atoms with Crippen LogP contribution in [0.3, 0.4) is 0 Å². The fraction of sp³-hybridized carbons (Fsp3) is 0.381. The van der Waals surface area contributed by atoms with Crippen molar-refractivity contribution in [3.63, 3.8) is 0 Å². The van der Waals surface area contributed by atoms with Gasteiger partial charge in [-0.3, -0.25) is 5.01 Å². The van der Waals surface area contributed by atoms with Crippen LogP contribution in [-0.2, 0) is 11.3 Å². The molecule has 0 unspecified atom stereocenters. The smallest absolute Gasteiger partial charge is 0.344 e. The SMILES string of the molecule is CC[C@@H](Oc1cccc(CN(CCCOc2ccc(OC)cc2)N=O)c1)C(=O)O. The van der Waals surface area contributed by atoms with Gasteiger partial charge in [-0.15, -0.1) is 4.91 Å². The normalized spacial score (nSPS) is 11.4. The zero-order valence-corrected chi connectivity index (χ0v) is 16.6. The van der Waals surface area contributed by atoms with E-state index >= 15 is 0 Å². The van der Waals surface area contributed by atoms with Crippen molar-refractivity contribution in [1.82, 2.24) is 5.01 Å². The second-order valence-electron chi connectivity index (χ2n) is 6.35. The molecule has 1 N–H and O–H groups in total. The minimum absolute atomic E-state index is 0.299. The lowest BCUT2D eigenvalue weighted by molar-refractivity contribution is -0.145. The Hall–Kier alpha value is -3.29. The summed E-state index contributed by atoms with van der Waals surface area (Å²) in [5.74, 6) is 0.926. The Morgan fingerprint density at radius 1 is 1.14 bits per heavy atom. The average molecular weight is 402 g/mol. The zero-order chi connectivity index (χ0) is 21.1. The molecule has 0 saturated carbocycles. The first-order valence-electron chi connectivity index (χ1n) is 9.39. The van der Waals surface area contributed by atoms with E-state index in [2.05, 4.69) is 5.29 Å². The molecular formula is C21H26N2O6. The van der Waals surface area contributed by atoms with Crippen molar-refractivity contribution in [3.05, 3.63) is 59.0 Å². The van der Waals surface area contributed by atoms with Crippen molar-refractivity contribution in [2.45, 2.75) is 32.4 Å². The Kier molecular flexibility index (Phi) is 8.75. The zero-order valence-electron chi connectivity index (χ0n) is 16.6. The number of aliphatic carboxylic acids is 1. The number of hydrogen-bond acceptors (Lipinski definition) is 6. The number of benzene rings is 2. The molecule has 0 aliphatic rings. The van der Waals surface area contributed by atoms with Crippen molar-refractivity contribution in [2.75, 3.05) is 20.3 Å². The average Bonchev–Trinajstić information content (AvgIpc) is 2.74. The van der Waals surface area contributed by atoms with E-state index in [4.69, 9.17) is 19.3 Å². The molecule has 156 valence electrons. The summed E-state index contributed by atoms with van der Waals surface area (Å²) in [6.07, 6.45) is 0.0707. The molecule has 0 bridgehead atoms. The molecule has 1 atom stereocenters. The Balaban J connectivity index is 1.82. The molecule has 0 saturated heterocycles. The summed E-state index contributed by atoms with van der Waals surface area (Å²) in [5, 5.41) is 13.6. The van der Waals surface area contributed by atoms with Crippen LogP contribution in [0.15, 0.2) is 53.8 Å². The third-order valence-corrected chi connectivity index (χ3v) is 4.19. The Bertz CT molecular complexity index is 781. The van der Waals surface area contributed by atoms with Crippen LogP contribution in [0.25, 0.3) is 0 Å². The van der Waals surface area contributed by atoms with E-state index in [9.17, 15) is 9.70 Å². The van der Waals surface area contributed by atoms with Gasteiger partial charge >= 0.3 is 5.97 Å². The highest BCUT2D eigenvalue weighted by atomic mass is 16.5. The maximum Gasteiger partial charge on any atom is 0.344 e. The van der Waals surface area contributed by atoms with Crippen LogP contribution in [0, 0.1) is 4.91 Å². The molecule has 2 aromatic carbocycles. The van der Waals surface area contributed by atoms with Gasteiger partial charge < -0.3 is 19.3 Å². The molecule has 0 spiro atoms. The van der Waals surface area contributed by atoms with Crippen LogP contribution in [-0.4, -0.2) is 42.5 Å². The highest BCUT2D eigenvalue weighted by Gasteiger charge is 2.17. The fourth-order valence-corrected chi connectivity index (χ4v) is 2.66. The molecule has 0 aromatic heterocycles. The van der Waals surface area contributed by atoms with Crippen molar-refractivity contribution >= 4 is 5.97 Å². The first kappa shape index (κ1) is 22.0. The van der Waals surface area contributed by atoms with Gasteiger partial charge in [-0.25, -0.2) is 4.79 Å². The third-order valence-electron chi connectivity index (χ3n) is 4.19. The predicted octanol–water partition coefficient (Wildman–Crippen LogP) is 3.89. The number of rotatable bonds is 13. The number of ether oxygens (including phenoxy) is 3. The van der Waals surface area contributed by atoms with E-state index < -0.39 is 12.1 Å². The van der Waals surface area contributed by atoms with E-state index in [0.717, 1.165) is 17.1 Å². The van der Waals surface area contributed by atoms with Crippen molar-refractivity contribution in [3.8, 4) is 17.2 Å². The summed E-state index contributed by atoms with van der Waals surface area (Å²) < 4.78 is 16.2. The molecule has 2 aromatic rings. The highest BCUT2D eigenvalue weighted by Crippen LogP contribution is 2.19. The fourth-order valence-electron chi connectivity index (χ4n) is 2.66. The molecule has 8 heteroatoms. The van der Waals surface area contributed by atoms with E-state index in [0.29, 0.717) is 38.3 Å². The first-order valence-corrected chi connectivity index (χ1v) is 9.39. The number of carboxylic acids is 1. The summed E-state index contributed by atoms with van der Waals surface area (Å²) in [4.78, 5) is 22.3. The molecule has 0 amide bonds. The van der Waals surface area contributed by atoms with Gasteiger partial charge in [0.05, 0.1) is 25.5 Å². The van der Waals surface area contributed by atoms with Crippen molar-refractivity contribution in [2.24, 2.45) is 5.29 Å². The summed E-state index contributed by atoms with van der Waals surface area (Å²) >= 11 is 0. The molecule has 0 aliphatic carbocycles. The standard InChI is InChI=1S/C21H26N2O6/c1-3-20(21(24)25)29-19-7-4-6-16(14-19)15-23(22-26)12-5-13-28-18-10-8-17(27-2)9-11-18/h4,6-11,14,20H,3,5,12-13,15H2,1-2H3,(H,24,25)/t20-/m1/s1. The van der Waals surface area contributed by atoms with Gasteiger partial charge in [0.25, 0.3) is 0 Å². The van der Waals surface area contributed by atoms with Gasteiger partial charge in [-0.05, 0) is 48.4 Å². The van der Waals surface area contributed by atoms with Crippen LogP contribution < -0.4 is 14.2 Å². The molecule has 2 rings (SSSR count). The molecule has 0 aliphatic heterocycles. The Morgan fingerprint density at radius 3 is 2.48 bits per heavy atom. The molecule has 0 fully saturated rings. The number of methoxy groups -OCH3 is 1. The van der Waals surface area contributed by atoms with Gasteiger partial charge in [0.2, 0.25) is 0 Å². The molecule has 8 nitrogen and oxygen atoms in total. The van der Waals surface area contributed by atoms with Crippen molar-refractivity contribution < 1.29 is 24.1 Å². The minimum atomic E-state index is -1.01. The molecule has 0 radical (unpaired) electrons.